The molecule has 0 radical (unpaired) electrons. The van der Waals surface area contributed by atoms with Crippen LogP contribution in [0.15, 0.2) is 35.3 Å². The Labute approximate surface area is 191 Å². The summed E-state index contributed by atoms with van der Waals surface area (Å²) in [5.41, 5.74) is 8.17. The van der Waals surface area contributed by atoms with Gasteiger partial charge in [-0.1, -0.05) is 32.0 Å². The molecule has 2 aromatic rings. The quantitative estimate of drug-likeness (QED) is 0.229. The number of aryl methyl sites for hydroxylation is 1. The van der Waals surface area contributed by atoms with Gasteiger partial charge in [0.05, 0.1) is 11.4 Å². The molecule has 2 rings (SSSR count). The number of aliphatic hydroxyl groups excluding tert-OH is 1. The predicted octanol–water partition coefficient (Wildman–Crippen LogP) is 2.86. The van der Waals surface area contributed by atoms with E-state index in [2.05, 4.69) is 35.6 Å². The molecule has 1 unspecified atom stereocenters. The lowest BCUT2D eigenvalue weighted by atomic mass is 9.94. The van der Waals surface area contributed by atoms with E-state index in [1.54, 1.807) is 4.68 Å². The van der Waals surface area contributed by atoms with Gasteiger partial charge in [0.25, 0.3) is 0 Å². The Bertz CT molecular complexity index is 884. The number of anilines is 1. The summed E-state index contributed by atoms with van der Waals surface area (Å²) in [7, 11) is 0. The molecule has 8 nitrogen and oxygen atoms in total. The number of aliphatic hydroxyl groups is 1. The van der Waals surface area contributed by atoms with E-state index < -0.39 is 0 Å². The van der Waals surface area contributed by atoms with Crippen molar-refractivity contribution >= 4 is 11.8 Å². The maximum absolute atomic E-state index is 9.56. The van der Waals surface area contributed by atoms with Crippen molar-refractivity contribution in [2.45, 2.75) is 46.5 Å². The Morgan fingerprint density at radius 2 is 2.03 bits per heavy atom. The van der Waals surface area contributed by atoms with Crippen molar-refractivity contribution in [2.75, 3.05) is 32.0 Å². The molecule has 1 atom stereocenters. The van der Waals surface area contributed by atoms with Gasteiger partial charge in [0.1, 0.15) is 17.5 Å². The minimum Gasteiger partial charge on any atom is -0.396 e. The van der Waals surface area contributed by atoms with E-state index in [4.69, 9.17) is 10.7 Å². The molecule has 8 heteroatoms. The summed E-state index contributed by atoms with van der Waals surface area (Å²) in [4.78, 5) is 4.71. The van der Waals surface area contributed by atoms with E-state index in [-0.39, 0.29) is 6.61 Å². The van der Waals surface area contributed by atoms with E-state index in [0.717, 1.165) is 37.5 Å². The van der Waals surface area contributed by atoms with Crippen molar-refractivity contribution in [2.24, 2.45) is 16.8 Å². The van der Waals surface area contributed by atoms with Gasteiger partial charge >= 0.3 is 0 Å². The van der Waals surface area contributed by atoms with Crippen LogP contribution in [0.5, 0.6) is 0 Å². The van der Waals surface area contributed by atoms with Crippen molar-refractivity contribution in [3.63, 3.8) is 0 Å². The molecule has 32 heavy (non-hydrogen) atoms. The van der Waals surface area contributed by atoms with Gasteiger partial charge in [-0.15, -0.1) is 0 Å². The lowest BCUT2D eigenvalue weighted by Crippen LogP contribution is -2.38. The summed E-state index contributed by atoms with van der Waals surface area (Å²) in [5.74, 6) is 2.10. The van der Waals surface area contributed by atoms with Crippen LogP contribution in [-0.4, -0.2) is 47.1 Å². The number of aliphatic imine (C=N–C) groups is 1. The zero-order valence-corrected chi connectivity index (χ0v) is 19.5. The van der Waals surface area contributed by atoms with Crippen LogP contribution in [0.25, 0.3) is 5.69 Å². The molecule has 0 aliphatic heterocycles. The number of aromatic nitrogens is 2. The first-order chi connectivity index (χ1) is 15.5. The second kappa shape index (κ2) is 13.4. The molecule has 5 N–H and O–H groups in total. The van der Waals surface area contributed by atoms with E-state index >= 15 is 0 Å². The van der Waals surface area contributed by atoms with Gasteiger partial charge in [0.15, 0.2) is 5.96 Å². The monoisotopic (exact) mass is 439 g/mol. The van der Waals surface area contributed by atoms with Crippen LogP contribution in [0.2, 0.25) is 0 Å². The number of hydrogen-bond acceptors (Lipinski definition) is 5. The number of rotatable bonds is 12. The van der Waals surface area contributed by atoms with Crippen molar-refractivity contribution < 1.29 is 5.11 Å². The average molecular weight is 440 g/mol. The normalized spacial score (nSPS) is 12.6. The van der Waals surface area contributed by atoms with E-state index in [0.29, 0.717) is 48.4 Å². The van der Waals surface area contributed by atoms with Crippen LogP contribution < -0.4 is 16.4 Å². The molecule has 0 fully saturated rings. The van der Waals surface area contributed by atoms with Gasteiger partial charge in [0.2, 0.25) is 0 Å². The topological polar surface area (TPSA) is 124 Å². The summed E-state index contributed by atoms with van der Waals surface area (Å²) in [6, 6.07) is 11.8. The molecular weight excluding hydrogens is 402 g/mol. The summed E-state index contributed by atoms with van der Waals surface area (Å²) < 4.78 is 1.63. The van der Waals surface area contributed by atoms with Crippen LogP contribution in [0, 0.1) is 23.2 Å². The molecule has 1 aromatic heterocycles. The summed E-state index contributed by atoms with van der Waals surface area (Å²) in [6.07, 6.45) is 3.24. The number of nitrogens with one attached hydrogen (secondary N) is 2. The van der Waals surface area contributed by atoms with Gasteiger partial charge < -0.3 is 21.5 Å². The van der Waals surface area contributed by atoms with Crippen molar-refractivity contribution in [3.8, 4) is 11.8 Å². The SMILES string of the molecule is CCNC(=NCC(CCO)CC(C)C)NCCCc1nn(-c2ccccc2)c(N)c1C#N. The Kier molecular flexibility index (Phi) is 10.5. The van der Waals surface area contributed by atoms with E-state index in [1.165, 1.54) is 0 Å². The molecule has 0 aliphatic carbocycles. The minimum absolute atomic E-state index is 0.191. The first-order valence-electron chi connectivity index (χ1n) is 11.5. The number of benzene rings is 1. The molecule has 0 bridgehead atoms. The van der Waals surface area contributed by atoms with Crippen LogP contribution in [0.3, 0.4) is 0 Å². The molecule has 0 spiro atoms. The summed E-state index contributed by atoms with van der Waals surface area (Å²) in [6.45, 7) is 8.77. The third-order valence-corrected chi connectivity index (χ3v) is 5.18. The third kappa shape index (κ3) is 7.57. The van der Waals surface area contributed by atoms with Gasteiger partial charge in [0, 0.05) is 26.2 Å². The van der Waals surface area contributed by atoms with Crippen LogP contribution in [0.4, 0.5) is 5.82 Å². The number of guanidine groups is 1. The van der Waals surface area contributed by atoms with Crippen molar-refractivity contribution in [1.29, 1.82) is 5.26 Å². The maximum Gasteiger partial charge on any atom is 0.191 e. The number of nitrogen functional groups attached to an aromatic ring is 1. The van der Waals surface area contributed by atoms with Crippen LogP contribution in [0.1, 0.15) is 51.3 Å². The van der Waals surface area contributed by atoms with Gasteiger partial charge in [-0.05, 0) is 56.6 Å². The Morgan fingerprint density at radius 3 is 2.66 bits per heavy atom. The smallest absolute Gasteiger partial charge is 0.191 e. The number of nitrogens with zero attached hydrogens (tertiary/aromatic N) is 4. The first kappa shape index (κ1) is 25.2. The minimum atomic E-state index is 0.191. The number of hydrogen-bond donors (Lipinski definition) is 4. The lowest BCUT2D eigenvalue weighted by molar-refractivity contribution is 0.245. The Hall–Kier alpha value is -3.05. The molecule has 0 aliphatic rings. The van der Waals surface area contributed by atoms with Gasteiger partial charge in [-0.25, -0.2) is 4.68 Å². The maximum atomic E-state index is 9.56. The molecule has 0 saturated heterocycles. The zero-order valence-electron chi connectivity index (χ0n) is 19.5. The molecular formula is C24H37N7O. The molecule has 0 saturated carbocycles. The highest BCUT2D eigenvalue weighted by molar-refractivity contribution is 5.79. The highest BCUT2D eigenvalue weighted by Crippen LogP contribution is 2.21. The standard InChI is InChI=1S/C24H37N7O/c1-4-27-24(29-17-19(12-14-32)15-18(2)3)28-13-8-11-22-21(16-25)23(26)31(30-22)20-9-6-5-7-10-20/h5-7,9-10,18-19,32H,4,8,11-15,17,26H2,1-3H3,(H2,27,28,29). The first-order valence-corrected chi connectivity index (χ1v) is 11.5. The second-order valence-corrected chi connectivity index (χ2v) is 8.32. The van der Waals surface area contributed by atoms with E-state index in [9.17, 15) is 10.4 Å². The van der Waals surface area contributed by atoms with Crippen LogP contribution in [-0.2, 0) is 6.42 Å². The highest BCUT2D eigenvalue weighted by atomic mass is 16.3. The summed E-state index contributed by atoms with van der Waals surface area (Å²) >= 11 is 0. The molecule has 0 amide bonds. The molecule has 174 valence electrons. The molecule has 1 heterocycles. The number of para-hydroxylation sites is 1. The third-order valence-electron chi connectivity index (χ3n) is 5.18. The Morgan fingerprint density at radius 1 is 1.28 bits per heavy atom. The molecule has 1 aromatic carbocycles. The van der Waals surface area contributed by atoms with Crippen molar-refractivity contribution in [1.82, 2.24) is 20.4 Å². The number of nitriles is 1. The fraction of sp³-hybridized carbons (Fsp3) is 0.542. The number of nitrogens with two attached hydrogens (primary N) is 1. The predicted molar refractivity (Wildman–Crippen MR) is 130 cm³/mol. The average Bonchev–Trinajstić information content (AvgIpc) is 3.10. The fourth-order valence-electron chi connectivity index (χ4n) is 3.70. The highest BCUT2D eigenvalue weighted by Gasteiger charge is 2.16. The fourth-order valence-corrected chi connectivity index (χ4v) is 3.70. The summed E-state index contributed by atoms with van der Waals surface area (Å²) in [5, 5.41) is 30.1. The van der Waals surface area contributed by atoms with E-state index in [1.807, 2.05) is 37.3 Å². The largest absolute Gasteiger partial charge is 0.396 e. The lowest BCUT2D eigenvalue weighted by Gasteiger charge is -2.17. The van der Waals surface area contributed by atoms with Gasteiger partial charge in [-0.2, -0.15) is 10.4 Å². The van der Waals surface area contributed by atoms with Crippen LogP contribution >= 0.6 is 0 Å². The van der Waals surface area contributed by atoms with Gasteiger partial charge in [-0.3, -0.25) is 4.99 Å². The zero-order chi connectivity index (χ0) is 23.3. The second-order valence-electron chi connectivity index (χ2n) is 8.32. The van der Waals surface area contributed by atoms with Crippen molar-refractivity contribution in [3.05, 3.63) is 41.6 Å². The Balaban J connectivity index is 1.96.